The number of hydrogen-bond acceptors (Lipinski definition) is 3. The molecule has 1 aromatic rings. The lowest BCUT2D eigenvalue weighted by atomic mass is 9.92. The van der Waals surface area contributed by atoms with E-state index in [-0.39, 0.29) is 11.8 Å². The summed E-state index contributed by atoms with van der Waals surface area (Å²) in [6.07, 6.45) is 1.55. The van der Waals surface area contributed by atoms with E-state index >= 15 is 0 Å². The first-order chi connectivity index (χ1) is 12.3. The highest BCUT2D eigenvalue weighted by Gasteiger charge is 2.47. The van der Waals surface area contributed by atoms with Gasteiger partial charge in [0.1, 0.15) is 5.75 Å². The molecule has 1 aliphatic carbocycles. The van der Waals surface area contributed by atoms with Crippen molar-refractivity contribution >= 4 is 11.9 Å². The molecule has 2 aliphatic rings. The highest BCUT2D eigenvalue weighted by molar-refractivity contribution is 5.82. The average Bonchev–Trinajstić information content (AvgIpc) is 3.32. The van der Waals surface area contributed by atoms with Crippen molar-refractivity contribution in [3.8, 4) is 5.75 Å². The monoisotopic (exact) mass is 359 g/mol. The molecule has 0 spiro atoms. The van der Waals surface area contributed by atoms with E-state index in [1.807, 2.05) is 25.1 Å². The molecule has 1 heterocycles. The molecule has 5 heteroatoms. The summed E-state index contributed by atoms with van der Waals surface area (Å²) >= 11 is 0. The second kappa shape index (κ2) is 7.29. The molecule has 1 aromatic carbocycles. The lowest BCUT2D eigenvalue weighted by Crippen LogP contribution is -2.39. The van der Waals surface area contributed by atoms with Crippen LogP contribution in [0.3, 0.4) is 0 Å². The zero-order chi connectivity index (χ0) is 19.0. The number of carboxylic acids is 1. The number of hydrogen-bond donors (Lipinski definition) is 1. The molecule has 0 radical (unpaired) electrons. The molecular formula is C21H29NO4. The van der Waals surface area contributed by atoms with Crippen LogP contribution in [0.5, 0.6) is 5.75 Å². The normalized spacial score (nSPS) is 24.0. The van der Waals surface area contributed by atoms with Crippen LogP contribution in [0.15, 0.2) is 18.2 Å². The second-order valence-corrected chi connectivity index (χ2v) is 8.15. The Morgan fingerprint density at radius 2 is 1.88 bits per heavy atom. The van der Waals surface area contributed by atoms with Gasteiger partial charge in [-0.3, -0.25) is 9.59 Å². The highest BCUT2D eigenvalue weighted by atomic mass is 16.5. The molecule has 0 bridgehead atoms. The minimum absolute atomic E-state index is 0.0915. The number of benzene rings is 1. The quantitative estimate of drug-likeness (QED) is 0.845. The maximum absolute atomic E-state index is 12.9. The van der Waals surface area contributed by atoms with Crippen LogP contribution in [0.1, 0.15) is 50.7 Å². The van der Waals surface area contributed by atoms with Crippen LogP contribution in [0, 0.1) is 24.7 Å². The second-order valence-electron chi connectivity index (χ2n) is 8.15. The predicted octanol–water partition coefficient (Wildman–Crippen LogP) is 3.45. The Bertz CT molecular complexity index is 695. The number of ether oxygens (including phenoxy) is 1. The van der Waals surface area contributed by atoms with Gasteiger partial charge in [0.2, 0.25) is 0 Å². The molecule has 142 valence electrons. The SMILES string of the molecule is Cc1ccc(C(C)C)c(OC(C)C(=O)N2C[C@H](C(=O)O)[C@@H](C3CC3)C2)c1. The van der Waals surface area contributed by atoms with E-state index in [2.05, 4.69) is 13.8 Å². The van der Waals surface area contributed by atoms with Crippen molar-refractivity contribution in [2.75, 3.05) is 13.1 Å². The van der Waals surface area contributed by atoms with Crippen molar-refractivity contribution in [1.82, 2.24) is 4.90 Å². The molecule has 1 aliphatic heterocycles. The minimum Gasteiger partial charge on any atom is -0.481 e. The lowest BCUT2D eigenvalue weighted by Gasteiger charge is -2.24. The van der Waals surface area contributed by atoms with Crippen molar-refractivity contribution in [2.24, 2.45) is 17.8 Å². The molecule has 0 aromatic heterocycles. The van der Waals surface area contributed by atoms with Gasteiger partial charge in [-0.05, 0) is 61.6 Å². The smallest absolute Gasteiger partial charge is 0.308 e. The summed E-state index contributed by atoms with van der Waals surface area (Å²) in [5.41, 5.74) is 2.17. The van der Waals surface area contributed by atoms with Crippen molar-refractivity contribution < 1.29 is 19.4 Å². The Morgan fingerprint density at radius 3 is 2.46 bits per heavy atom. The molecule has 1 amide bonds. The van der Waals surface area contributed by atoms with Crippen LogP contribution in [0.4, 0.5) is 0 Å². The molecule has 3 rings (SSSR count). The average molecular weight is 359 g/mol. The van der Waals surface area contributed by atoms with Crippen molar-refractivity contribution in [1.29, 1.82) is 0 Å². The highest BCUT2D eigenvalue weighted by Crippen LogP contribution is 2.44. The Hall–Kier alpha value is -2.04. The number of nitrogens with zero attached hydrogens (tertiary/aromatic N) is 1. The van der Waals surface area contributed by atoms with Gasteiger partial charge in [0.15, 0.2) is 6.10 Å². The summed E-state index contributed by atoms with van der Waals surface area (Å²) in [6, 6.07) is 6.06. The number of carboxylic acid groups (broad SMARTS) is 1. The number of rotatable bonds is 6. The van der Waals surface area contributed by atoms with Crippen molar-refractivity contribution in [2.45, 2.75) is 52.6 Å². The van der Waals surface area contributed by atoms with E-state index < -0.39 is 18.0 Å². The van der Waals surface area contributed by atoms with Gasteiger partial charge in [-0.1, -0.05) is 26.0 Å². The molecular weight excluding hydrogens is 330 g/mol. The Morgan fingerprint density at radius 1 is 1.19 bits per heavy atom. The molecule has 1 saturated heterocycles. The van der Waals surface area contributed by atoms with Crippen LogP contribution < -0.4 is 4.74 Å². The van der Waals surface area contributed by atoms with Gasteiger partial charge < -0.3 is 14.7 Å². The first-order valence-corrected chi connectivity index (χ1v) is 9.56. The molecule has 3 atom stereocenters. The van der Waals surface area contributed by atoms with Gasteiger partial charge in [-0.25, -0.2) is 0 Å². The summed E-state index contributed by atoms with van der Waals surface area (Å²) in [5.74, 6) is 0.262. The summed E-state index contributed by atoms with van der Waals surface area (Å²) in [7, 11) is 0. The molecule has 26 heavy (non-hydrogen) atoms. The van der Waals surface area contributed by atoms with Gasteiger partial charge in [-0.2, -0.15) is 0 Å². The van der Waals surface area contributed by atoms with Crippen LogP contribution in [-0.4, -0.2) is 41.1 Å². The van der Waals surface area contributed by atoms with Crippen LogP contribution in [-0.2, 0) is 9.59 Å². The lowest BCUT2D eigenvalue weighted by molar-refractivity contribution is -0.143. The minimum atomic E-state index is -0.786. The molecule has 1 saturated carbocycles. The first kappa shape index (κ1) is 18.7. The third kappa shape index (κ3) is 3.87. The summed E-state index contributed by atoms with van der Waals surface area (Å²) in [6.45, 7) is 8.80. The predicted molar refractivity (Wildman–Crippen MR) is 99.3 cm³/mol. The van der Waals surface area contributed by atoms with Gasteiger partial charge in [0, 0.05) is 13.1 Å². The topological polar surface area (TPSA) is 66.8 Å². The maximum atomic E-state index is 12.9. The van der Waals surface area contributed by atoms with Gasteiger partial charge >= 0.3 is 5.97 Å². The molecule has 1 unspecified atom stereocenters. The van der Waals surface area contributed by atoms with E-state index in [1.165, 1.54) is 0 Å². The van der Waals surface area contributed by atoms with Crippen LogP contribution in [0.25, 0.3) is 0 Å². The number of likely N-dealkylation sites (tertiary alicyclic amines) is 1. The number of aliphatic carboxylic acids is 1. The molecule has 5 nitrogen and oxygen atoms in total. The Labute approximate surface area is 155 Å². The standard InChI is InChI=1S/C21H29NO4/c1-12(2)16-8-5-13(3)9-19(16)26-14(4)20(23)22-10-17(15-6-7-15)18(11-22)21(24)25/h5,8-9,12,14-15,17-18H,6-7,10-11H2,1-4H3,(H,24,25)/t14?,17-,18+/m1/s1. The summed E-state index contributed by atoms with van der Waals surface area (Å²) in [5, 5.41) is 9.49. The van der Waals surface area contributed by atoms with Crippen molar-refractivity contribution in [3.63, 3.8) is 0 Å². The molecule has 2 fully saturated rings. The van der Waals surface area contributed by atoms with Crippen molar-refractivity contribution in [3.05, 3.63) is 29.3 Å². The van der Waals surface area contributed by atoms with Crippen LogP contribution >= 0.6 is 0 Å². The van der Waals surface area contributed by atoms with E-state index in [0.29, 0.717) is 24.9 Å². The van der Waals surface area contributed by atoms with E-state index in [9.17, 15) is 14.7 Å². The third-order valence-electron chi connectivity index (χ3n) is 5.66. The summed E-state index contributed by atoms with van der Waals surface area (Å²) in [4.78, 5) is 26.1. The number of carbonyl (C=O) groups is 2. The fraction of sp³-hybridized carbons (Fsp3) is 0.619. The number of amides is 1. The Kier molecular flexibility index (Phi) is 5.26. The van der Waals surface area contributed by atoms with E-state index in [1.54, 1.807) is 11.8 Å². The largest absolute Gasteiger partial charge is 0.481 e. The van der Waals surface area contributed by atoms with E-state index in [4.69, 9.17) is 4.74 Å². The Balaban J connectivity index is 1.71. The number of aryl methyl sites for hydroxylation is 1. The van der Waals surface area contributed by atoms with Gasteiger partial charge in [0.05, 0.1) is 5.92 Å². The molecule has 1 N–H and O–H groups in total. The third-order valence-corrected chi connectivity index (χ3v) is 5.66. The maximum Gasteiger partial charge on any atom is 0.308 e. The van der Waals surface area contributed by atoms with Gasteiger partial charge in [0.25, 0.3) is 5.91 Å². The first-order valence-electron chi connectivity index (χ1n) is 9.56. The van der Waals surface area contributed by atoms with E-state index in [0.717, 1.165) is 29.7 Å². The number of carbonyl (C=O) groups excluding carboxylic acids is 1. The summed E-state index contributed by atoms with van der Waals surface area (Å²) < 4.78 is 6.03. The van der Waals surface area contributed by atoms with Gasteiger partial charge in [-0.15, -0.1) is 0 Å². The van der Waals surface area contributed by atoms with Crippen LogP contribution in [0.2, 0.25) is 0 Å². The zero-order valence-corrected chi connectivity index (χ0v) is 16.1. The fourth-order valence-corrected chi connectivity index (χ4v) is 3.99. The zero-order valence-electron chi connectivity index (χ0n) is 16.1. The fourth-order valence-electron chi connectivity index (χ4n) is 3.99.